The summed E-state index contributed by atoms with van der Waals surface area (Å²) >= 11 is 1.44. The van der Waals surface area contributed by atoms with Gasteiger partial charge in [0.2, 0.25) is 5.91 Å². The third-order valence-corrected chi connectivity index (χ3v) is 4.44. The molecule has 0 aliphatic rings. The first-order chi connectivity index (χ1) is 13.9. The number of hydrazine groups is 1. The van der Waals surface area contributed by atoms with Gasteiger partial charge in [-0.2, -0.15) is 11.3 Å². The highest BCUT2D eigenvalue weighted by Gasteiger charge is 2.13. The number of carbonyl (C=O) groups is 3. The number of ether oxygens (including phenoxy) is 2. The largest absolute Gasteiger partial charge is 0.493 e. The van der Waals surface area contributed by atoms with Crippen molar-refractivity contribution < 1.29 is 23.9 Å². The van der Waals surface area contributed by atoms with Gasteiger partial charge in [0.25, 0.3) is 11.8 Å². The number of rotatable bonds is 9. The summed E-state index contributed by atoms with van der Waals surface area (Å²) in [4.78, 5) is 35.9. The van der Waals surface area contributed by atoms with Crippen molar-refractivity contribution in [2.45, 2.75) is 32.8 Å². The van der Waals surface area contributed by atoms with Crippen LogP contribution >= 0.6 is 11.3 Å². The number of hydrogen-bond acceptors (Lipinski definition) is 6. The summed E-state index contributed by atoms with van der Waals surface area (Å²) in [6.07, 6.45) is 0.583. The average Bonchev–Trinajstić information content (AvgIpc) is 3.24. The van der Waals surface area contributed by atoms with Crippen LogP contribution in [-0.4, -0.2) is 37.5 Å². The molecule has 0 radical (unpaired) electrons. The van der Waals surface area contributed by atoms with Crippen LogP contribution in [-0.2, 0) is 4.79 Å². The van der Waals surface area contributed by atoms with Gasteiger partial charge >= 0.3 is 0 Å². The van der Waals surface area contributed by atoms with E-state index in [-0.39, 0.29) is 24.3 Å². The van der Waals surface area contributed by atoms with E-state index < -0.39 is 5.91 Å². The fourth-order valence-electron chi connectivity index (χ4n) is 2.37. The zero-order valence-corrected chi connectivity index (χ0v) is 17.4. The van der Waals surface area contributed by atoms with E-state index in [1.807, 2.05) is 19.2 Å². The highest BCUT2D eigenvalue weighted by molar-refractivity contribution is 7.08. The fraction of sp³-hybridized carbons (Fsp3) is 0.350. The number of thiophene rings is 1. The van der Waals surface area contributed by atoms with Crippen LogP contribution in [0.4, 0.5) is 0 Å². The molecule has 0 saturated carbocycles. The van der Waals surface area contributed by atoms with Crippen molar-refractivity contribution in [1.82, 2.24) is 16.2 Å². The minimum absolute atomic E-state index is 0.0297. The first-order valence-corrected chi connectivity index (χ1v) is 10.1. The fourth-order valence-corrected chi connectivity index (χ4v) is 3.00. The molecule has 0 spiro atoms. The zero-order valence-electron chi connectivity index (χ0n) is 16.6. The molecule has 2 rings (SSSR count). The first-order valence-electron chi connectivity index (χ1n) is 9.15. The smallest absolute Gasteiger partial charge is 0.269 e. The zero-order chi connectivity index (χ0) is 21.2. The molecule has 0 atom stereocenters. The Morgan fingerprint density at radius 1 is 1.03 bits per heavy atom. The third kappa shape index (κ3) is 7.11. The molecule has 8 nitrogen and oxygen atoms in total. The molecule has 0 bridgehead atoms. The summed E-state index contributed by atoms with van der Waals surface area (Å²) in [5.41, 5.74) is 5.65. The molecule has 3 N–H and O–H groups in total. The summed E-state index contributed by atoms with van der Waals surface area (Å²) in [6.45, 7) is 4.15. The molecule has 3 amide bonds. The lowest BCUT2D eigenvalue weighted by Crippen LogP contribution is -2.41. The van der Waals surface area contributed by atoms with Crippen LogP contribution in [0.1, 0.15) is 47.4 Å². The second-order valence-electron chi connectivity index (χ2n) is 6.41. The molecule has 0 fully saturated rings. The van der Waals surface area contributed by atoms with Gasteiger partial charge in [0, 0.05) is 29.5 Å². The maximum Gasteiger partial charge on any atom is 0.269 e. The van der Waals surface area contributed by atoms with Crippen molar-refractivity contribution in [2.75, 3.05) is 13.7 Å². The van der Waals surface area contributed by atoms with Gasteiger partial charge in [0.15, 0.2) is 11.5 Å². The lowest BCUT2D eigenvalue weighted by atomic mass is 10.2. The monoisotopic (exact) mass is 419 g/mol. The van der Waals surface area contributed by atoms with E-state index in [4.69, 9.17) is 9.47 Å². The first kappa shape index (κ1) is 22.2. The standard InChI is InChI=1S/C20H25N3O5S/c1-13(2)28-16-7-6-14(11-17(16)27-3)20(26)23-22-18(24)5-4-9-21-19(25)15-8-10-29-12-15/h6-8,10-13H,4-5,9H2,1-3H3,(H,21,25)(H,22,24)(H,23,26). The van der Waals surface area contributed by atoms with E-state index in [1.165, 1.54) is 18.4 Å². The average molecular weight is 420 g/mol. The maximum atomic E-state index is 12.2. The van der Waals surface area contributed by atoms with Crippen LogP contribution in [0.25, 0.3) is 0 Å². The van der Waals surface area contributed by atoms with E-state index in [2.05, 4.69) is 16.2 Å². The number of carbonyl (C=O) groups excluding carboxylic acids is 3. The molecule has 1 aromatic heterocycles. The van der Waals surface area contributed by atoms with Gasteiger partial charge in [-0.1, -0.05) is 0 Å². The van der Waals surface area contributed by atoms with E-state index in [0.29, 0.717) is 35.6 Å². The van der Waals surface area contributed by atoms with Gasteiger partial charge in [0.05, 0.1) is 13.2 Å². The van der Waals surface area contributed by atoms with Crippen LogP contribution in [0.15, 0.2) is 35.0 Å². The second kappa shape index (κ2) is 11.1. The predicted molar refractivity (Wildman–Crippen MR) is 110 cm³/mol. The molecule has 156 valence electrons. The Labute approximate surface area is 173 Å². The normalized spacial score (nSPS) is 10.3. The molecule has 9 heteroatoms. The highest BCUT2D eigenvalue weighted by Crippen LogP contribution is 2.28. The van der Waals surface area contributed by atoms with Crippen molar-refractivity contribution in [2.24, 2.45) is 0 Å². The van der Waals surface area contributed by atoms with E-state index in [0.717, 1.165) is 0 Å². The number of hydrogen-bond donors (Lipinski definition) is 3. The van der Waals surface area contributed by atoms with Gasteiger partial charge in [-0.3, -0.25) is 25.2 Å². The van der Waals surface area contributed by atoms with Crippen LogP contribution in [0.3, 0.4) is 0 Å². The van der Waals surface area contributed by atoms with Gasteiger partial charge in [-0.05, 0) is 49.9 Å². The lowest BCUT2D eigenvalue weighted by Gasteiger charge is -2.14. The van der Waals surface area contributed by atoms with Gasteiger partial charge in [-0.15, -0.1) is 0 Å². The van der Waals surface area contributed by atoms with Crippen LogP contribution in [0.2, 0.25) is 0 Å². The topological polar surface area (TPSA) is 106 Å². The van der Waals surface area contributed by atoms with Gasteiger partial charge in [-0.25, -0.2) is 0 Å². The minimum Gasteiger partial charge on any atom is -0.493 e. The number of benzene rings is 1. The Kier molecular flexibility index (Phi) is 8.47. The third-order valence-electron chi connectivity index (χ3n) is 3.75. The van der Waals surface area contributed by atoms with E-state index in [1.54, 1.807) is 29.6 Å². The number of nitrogens with one attached hydrogen (secondary N) is 3. The predicted octanol–water partition coefficient (Wildman–Crippen LogP) is 2.52. The summed E-state index contributed by atoms with van der Waals surface area (Å²) < 4.78 is 10.9. The molecule has 1 heterocycles. The SMILES string of the molecule is COc1cc(C(=O)NNC(=O)CCCNC(=O)c2ccsc2)ccc1OC(C)C. The van der Waals surface area contributed by atoms with Crippen LogP contribution in [0.5, 0.6) is 11.5 Å². The molecular formula is C20H25N3O5S. The van der Waals surface area contributed by atoms with Crippen molar-refractivity contribution in [3.05, 3.63) is 46.2 Å². The van der Waals surface area contributed by atoms with Gasteiger partial charge in [0.1, 0.15) is 0 Å². The Balaban J connectivity index is 1.73. The van der Waals surface area contributed by atoms with Crippen LogP contribution in [0, 0.1) is 0 Å². The Bertz CT molecular complexity index is 837. The van der Waals surface area contributed by atoms with Crippen LogP contribution < -0.4 is 25.6 Å². The second-order valence-corrected chi connectivity index (χ2v) is 7.19. The van der Waals surface area contributed by atoms with Crippen molar-refractivity contribution in [3.63, 3.8) is 0 Å². The minimum atomic E-state index is -0.474. The molecule has 2 aromatic rings. The summed E-state index contributed by atoms with van der Waals surface area (Å²) in [6, 6.07) is 6.51. The summed E-state index contributed by atoms with van der Waals surface area (Å²) in [7, 11) is 1.49. The molecule has 29 heavy (non-hydrogen) atoms. The molecular weight excluding hydrogens is 394 g/mol. The molecule has 1 aromatic carbocycles. The van der Waals surface area contributed by atoms with E-state index >= 15 is 0 Å². The molecule has 0 unspecified atom stereocenters. The summed E-state index contributed by atoms with van der Waals surface area (Å²) in [5, 5.41) is 6.32. The van der Waals surface area contributed by atoms with Crippen molar-refractivity contribution >= 4 is 29.1 Å². The Morgan fingerprint density at radius 2 is 1.83 bits per heavy atom. The lowest BCUT2D eigenvalue weighted by molar-refractivity contribution is -0.121. The molecule has 0 aliphatic carbocycles. The maximum absolute atomic E-state index is 12.2. The van der Waals surface area contributed by atoms with Crippen molar-refractivity contribution in [1.29, 1.82) is 0 Å². The number of amides is 3. The molecule has 0 saturated heterocycles. The Morgan fingerprint density at radius 3 is 2.48 bits per heavy atom. The number of methoxy groups -OCH3 is 1. The van der Waals surface area contributed by atoms with Gasteiger partial charge < -0.3 is 14.8 Å². The Hall–Kier alpha value is -3.07. The molecule has 0 aliphatic heterocycles. The van der Waals surface area contributed by atoms with E-state index in [9.17, 15) is 14.4 Å². The highest BCUT2D eigenvalue weighted by atomic mass is 32.1. The van der Waals surface area contributed by atoms with Crippen molar-refractivity contribution in [3.8, 4) is 11.5 Å². The summed E-state index contributed by atoms with van der Waals surface area (Å²) in [5.74, 6) is -0.0289. The quantitative estimate of drug-likeness (QED) is 0.428.